The van der Waals surface area contributed by atoms with Crippen molar-refractivity contribution in [2.24, 2.45) is 17.3 Å². The summed E-state index contributed by atoms with van der Waals surface area (Å²) in [6.07, 6.45) is 11.5. The van der Waals surface area contributed by atoms with Gasteiger partial charge < -0.3 is 0 Å². The van der Waals surface area contributed by atoms with Gasteiger partial charge in [-0.2, -0.15) is 0 Å². The third kappa shape index (κ3) is 0.787. The summed E-state index contributed by atoms with van der Waals surface area (Å²) in [7, 11) is 0. The average Bonchev–Trinajstić information content (AvgIpc) is 2.53. The number of rotatable bonds is 0. The zero-order chi connectivity index (χ0) is 8.18. The summed E-state index contributed by atoms with van der Waals surface area (Å²) in [5.41, 5.74) is 2.57. The lowest BCUT2D eigenvalue weighted by Gasteiger charge is -2.32. The first-order valence-electron chi connectivity index (χ1n) is 5.48. The predicted octanol–water partition coefficient (Wildman–Crippen LogP) is 3.53. The molecular weight excluding hydrogens is 144 g/mol. The molecule has 66 valence electrons. The molecule has 0 aromatic carbocycles. The van der Waals surface area contributed by atoms with Crippen molar-refractivity contribution in [3.05, 3.63) is 11.6 Å². The molecule has 0 aromatic rings. The van der Waals surface area contributed by atoms with Gasteiger partial charge in [-0.1, -0.05) is 25.0 Å². The summed E-state index contributed by atoms with van der Waals surface area (Å²) < 4.78 is 0. The Hall–Kier alpha value is -0.260. The molecule has 3 aliphatic carbocycles. The standard InChI is InChI=1S/C12H18/c1-12-5-3-2-4-10-6-9(8-12)7-11(10)12/h6,9,11H,2-5,7-8H2,1H3/t9-,11-,12-/m1/s1. The molecule has 0 spiro atoms. The molecule has 0 aromatic heterocycles. The average molecular weight is 162 g/mol. The van der Waals surface area contributed by atoms with Crippen molar-refractivity contribution in [2.45, 2.75) is 45.4 Å². The molecule has 0 saturated heterocycles. The van der Waals surface area contributed by atoms with Gasteiger partial charge in [0.25, 0.3) is 0 Å². The molecule has 0 amide bonds. The van der Waals surface area contributed by atoms with E-state index in [1.807, 2.05) is 5.57 Å². The fraction of sp³-hybridized carbons (Fsp3) is 0.833. The van der Waals surface area contributed by atoms with E-state index < -0.39 is 0 Å². The molecule has 0 radical (unpaired) electrons. The Kier molecular flexibility index (Phi) is 1.29. The summed E-state index contributed by atoms with van der Waals surface area (Å²) in [5.74, 6) is 1.98. The molecule has 3 atom stereocenters. The quantitative estimate of drug-likeness (QED) is 0.478. The van der Waals surface area contributed by atoms with E-state index in [9.17, 15) is 0 Å². The Bertz CT molecular complexity index is 238. The van der Waals surface area contributed by atoms with E-state index in [0.29, 0.717) is 0 Å². The van der Waals surface area contributed by atoms with Crippen LogP contribution < -0.4 is 0 Å². The highest BCUT2D eigenvalue weighted by Gasteiger charge is 2.48. The van der Waals surface area contributed by atoms with Crippen molar-refractivity contribution in [2.75, 3.05) is 0 Å². The minimum atomic E-state index is 0.727. The van der Waals surface area contributed by atoms with Crippen LogP contribution in [-0.2, 0) is 0 Å². The van der Waals surface area contributed by atoms with Crippen LogP contribution in [0.4, 0.5) is 0 Å². The molecule has 0 unspecified atom stereocenters. The van der Waals surface area contributed by atoms with Gasteiger partial charge in [-0.15, -0.1) is 0 Å². The third-order valence-corrected chi connectivity index (χ3v) is 4.47. The minimum absolute atomic E-state index is 0.727. The van der Waals surface area contributed by atoms with Crippen LogP contribution >= 0.6 is 0 Å². The van der Waals surface area contributed by atoms with Crippen molar-refractivity contribution in [1.82, 2.24) is 0 Å². The Morgan fingerprint density at radius 1 is 1.42 bits per heavy atom. The third-order valence-electron chi connectivity index (χ3n) is 4.47. The van der Waals surface area contributed by atoms with Gasteiger partial charge in [0.1, 0.15) is 0 Å². The van der Waals surface area contributed by atoms with Crippen molar-refractivity contribution in [1.29, 1.82) is 0 Å². The van der Waals surface area contributed by atoms with Crippen LogP contribution in [-0.4, -0.2) is 0 Å². The van der Waals surface area contributed by atoms with Crippen LogP contribution in [0, 0.1) is 17.3 Å². The van der Waals surface area contributed by atoms with Crippen molar-refractivity contribution in [3.63, 3.8) is 0 Å². The molecule has 2 saturated carbocycles. The molecule has 3 aliphatic rings. The predicted molar refractivity (Wildman–Crippen MR) is 50.9 cm³/mol. The van der Waals surface area contributed by atoms with Gasteiger partial charge in [-0.25, -0.2) is 0 Å². The van der Waals surface area contributed by atoms with Crippen LogP contribution in [0.15, 0.2) is 11.6 Å². The summed E-state index contributed by atoms with van der Waals surface area (Å²) in [4.78, 5) is 0. The Balaban J connectivity index is 2.03. The number of allylic oxidation sites excluding steroid dienone is 2. The second-order valence-electron chi connectivity index (χ2n) is 5.36. The van der Waals surface area contributed by atoms with E-state index >= 15 is 0 Å². The van der Waals surface area contributed by atoms with Gasteiger partial charge in [0.2, 0.25) is 0 Å². The van der Waals surface area contributed by atoms with E-state index in [1.54, 1.807) is 0 Å². The van der Waals surface area contributed by atoms with Gasteiger partial charge in [0.05, 0.1) is 0 Å². The van der Waals surface area contributed by atoms with Gasteiger partial charge in [-0.05, 0) is 49.4 Å². The van der Waals surface area contributed by atoms with E-state index in [2.05, 4.69) is 13.0 Å². The van der Waals surface area contributed by atoms with Gasteiger partial charge in [-0.3, -0.25) is 0 Å². The maximum Gasteiger partial charge on any atom is -0.0143 e. The van der Waals surface area contributed by atoms with E-state index in [0.717, 1.165) is 17.3 Å². The zero-order valence-corrected chi connectivity index (χ0v) is 7.97. The molecule has 0 aliphatic heterocycles. The highest BCUT2D eigenvalue weighted by molar-refractivity contribution is 5.25. The highest BCUT2D eigenvalue weighted by Crippen LogP contribution is 2.59. The van der Waals surface area contributed by atoms with Crippen LogP contribution in [0.2, 0.25) is 0 Å². The summed E-state index contributed by atoms with van der Waals surface area (Å²) in [5, 5.41) is 0. The second kappa shape index (κ2) is 2.16. The van der Waals surface area contributed by atoms with Crippen LogP contribution in [0.3, 0.4) is 0 Å². The first-order chi connectivity index (χ1) is 5.78. The first-order valence-corrected chi connectivity index (χ1v) is 5.48. The highest BCUT2D eigenvalue weighted by atomic mass is 14.5. The van der Waals surface area contributed by atoms with Crippen molar-refractivity contribution >= 4 is 0 Å². The Morgan fingerprint density at radius 3 is 3.17 bits per heavy atom. The van der Waals surface area contributed by atoms with E-state index in [1.165, 1.54) is 38.5 Å². The lowest BCUT2D eigenvalue weighted by molar-refractivity contribution is 0.235. The Morgan fingerprint density at radius 2 is 2.33 bits per heavy atom. The summed E-state index contributed by atoms with van der Waals surface area (Å²) >= 11 is 0. The van der Waals surface area contributed by atoms with Crippen molar-refractivity contribution < 1.29 is 0 Å². The number of hydrogen-bond acceptors (Lipinski definition) is 0. The fourth-order valence-electron chi connectivity index (χ4n) is 3.95. The molecule has 2 bridgehead atoms. The molecule has 0 N–H and O–H groups in total. The number of fused-ring (bicyclic) bond motifs is 1. The zero-order valence-electron chi connectivity index (χ0n) is 7.97. The first kappa shape index (κ1) is 7.17. The minimum Gasteiger partial charge on any atom is -0.0819 e. The monoisotopic (exact) mass is 162 g/mol. The van der Waals surface area contributed by atoms with Crippen LogP contribution in [0.1, 0.15) is 45.4 Å². The molecule has 2 fully saturated rings. The van der Waals surface area contributed by atoms with Gasteiger partial charge >= 0.3 is 0 Å². The van der Waals surface area contributed by atoms with Crippen molar-refractivity contribution in [3.8, 4) is 0 Å². The molecule has 0 heterocycles. The molecule has 0 heteroatoms. The molecule has 3 rings (SSSR count). The smallest absolute Gasteiger partial charge is 0.0143 e. The lowest BCUT2D eigenvalue weighted by Crippen LogP contribution is -2.22. The van der Waals surface area contributed by atoms with Gasteiger partial charge in [0, 0.05) is 0 Å². The van der Waals surface area contributed by atoms with Crippen LogP contribution in [0.25, 0.3) is 0 Å². The fourth-order valence-corrected chi connectivity index (χ4v) is 3.95. The maximum atomic E-state index is 2.61. The summed E-state index contributed by atoms with van der Waals surface area (Å²) in [6, 6.07) is 0. The molecule has 12 heavy (non-hydrogen) atoms. The topological polar surface area (TPSA) is 0 Å². The molecular formula is C12H18. The largest absolute Gasteiger partial charge is 0.0819 e. The van der Waals surface area contributed by atoms with E-state index in [4.69, 9.17) is 0 Å². The summed E-state index contributed by atoms with van der Waals surface area (Å²) in [6.45, 7) is 2.54. The maximum absolute atomic E-state index is 2.61. The lowest BCUT2D eigenvalue weighted by atomic mass is 9.72. The number of hydrogen-bond donors (Lipinski definition) is 0. The normalized spacial score (nSPS) is 50.6. The second-order valence-corrected chi connectivity index (χ2v) is 5.36. The SMILES string of the molecule is C[C@]12CCCCC3=C[C@H](C[C@H]31)C2. The van der Waals surface area contributed by atoms with Crippen LogP contribution in [0.5, 0.6) is 0 Å². The van der Waals surface area contributed by atoms with E-state index in [-0.39, 0.29) is 0 Å². The Labute approximate surface area is 75.0 Å². The molecule has 0 nitrogen and oxygen atoms in total. The van der Waals surface area contributed by atoms with Gasteiger partial charge in [0.15, 0.2) is 0 Å².